The molecule has 96 valence electrons. The first-order chi connectivity index (χ1) is 9.04. The lowest BCUT2D eigenvalue weighted by Crippen LogP contribution is -2.12. The van der Waals surface area contributed by atoms with E-state index in [9.17, 15) is 4.79 Å². The van der Waals surface area contributed by atoms with Crippen molar-refractivity contribution in [3.63, 3.8) is 0 Å². The molecule has 0 atom stereocenters. The van der Waals surface area contributed by atoms with E-state index in [1.54, 1.807) is 0 Å². The Kier molecular flexibility index (Phi) is 2.38. The fraction of sp³-hybridized carbons (Fsp3) is 0.154. The number of fused-ring (bicyclic) bond motifs is 2. The van der Waals surface area contributed by atoms with E-state index in [1.165, 1.54) is 6.20 Å². The minimum atomic E-state index is -0.246. The first kappa shape index (κ1) is 11.5. The second-order valence-corrected chi connectivity index (χ2v) is 4.55. The van der Waals surface area contributed by atoms with Crippen molar-refractivity contribution in [3.05, 3.63) is 35.0 Å². The molecule has 0 saturated carbocycles. The third-order valence-electron chi connectivity index (χ3n) is 3.19. The third kappa shape index (κ3) is 1.87. The fourth-order valence-electron chi connectivity index (χ4n) is 2.00. The van der Waals surface area contributed by atoms with Gasteiger partial charge < -0.3 is 16.4 Å². The predicted molar refractivity (Wildman–Crippen MR) is 73.6 cm³/mol. The molecule has 1 aromatic heterocycles. The van der Waals surface area contributed by atoms with Crippen molar-refractivity contribution in [1.82, 2.24) is 9.97 Å². The summed E-state index contributed by atoms with van der Waals surface area (Å²) in [6, 6.07) is 3.90. The van der Waals surface area contributed by atoms with Crippen LogP contribution in [0.25, 0.3) is 0 Å². The summed E-state index contributed by atoms with van der Waals surface area (Å²) in [7, 11) is 0. The minimum Gasteiger partial charge on any atom is -0.368 e. The van der Waals surface area contributed by atoms with Crippen molar-refractivity contribution in [3.8, 4) is 0 Å². The van der Waals surface area contributed by atoms with E-state index in [0.717, 1.165) is 22.5 Å². The Bertz CT molecular complexity index is 696. The number of anilines is 4. The van der Waals surface area contributed by atoms with Gasteiger partial charge in [0.15, 0.2) is 0 Å². The van der Waals surface area contributed by atoms with E-state index in [-0.39, 0.29) is 11.9 Å². The number of hydrogen-bond acceptors (Lipinski definition) is 5. The molecule has 2 heterocycles. The van der Waals surface area contributed by atoms with Crippen molar-refractivity contribution < 1.29 is 4.79 Å². The van der Waals surface area contributed by atoms with Gasteiger partial charge in [-0.25, -0.2) is 4.98 Å². The van der Waals surface area contributed by atoms with Gasteiger partial charge in [-0.05, 0) is 37.1 Å². The molecule has 1 amide bonds. The number of nitrogens with one attached hydrogen (secondary N) is 2. The molecular formula is C13H13N5O. The maximum absolute atomic E-state index is 12.1. The van der Waals surface area contributed by atoms with Crippen LogP contribution in [-0.2, 0) is 0 Å². The molecule has 0 aliphatic carbocycles. The monoisotopic (exact) mass is 255 g/mol. The zero-order valence-corrected chi connectivity index (χ0v) is 10.6. The van der Waals surface area contributed by atoms with Gasteiger partial charge in [-0.1, -0.05) is 0 Å². The Morgan fingerprint density at radius 1 is 1.11 bits per heavy atom. The number of nitrogens with two attached hydrogens (primary N) is 1. The number of benzene rings is 1. The third-order valence-corrected chi connectivity index (χ3v) is 3.19. The van der Waals surface area contributed by atoms with Gasteiger partial charge in [0.1, 0.15) is 11.4 Å². The van der Waals surface area contributed by atoms with E-state index < -0.39 is 0 Å². The highest BCUT2D eigenvalue weighted by atomic mass is 16.1. The maximum Gasteiger partial charge on any atom is 0.261 e. The Labute approximate surface area is 110 Å². The number of amides is 1. The van der Waals surface area contributed by atoms with Gasteiger partial charge in [-0.3, -0.25) is 4.79 Å². The Morgan fingerprint density at radius 2 is 1.74 bits per heavy atom. The highest BCUT2D eigenvalue weighted by Gasteiger charge is 2.21. The second kappa shape index (κ2) is 3.94. The summed E-state index contributed by atoms with van der Waals surface area (Å²) in [4.78, 5) is 20.0. The zero-order valence-electron chi connectivity index (χ0n) is 10.6. The summed E-state index contributed by atoms with van der Waals surface area (Å²) in [5, 5.41) is 5.97. The lowest BCUT2D eigenvalue weighted by Gasteiger charge is -2.11. The highest BCUT2D eigenvalue weighted by molar-refractivity contribution is 6.11. The molecule has 6 heteroatoms. The van der Waals surface area contributed by atoms with E-state index in [4.69, 9.17) is 5.73 Å². The number of nitrogen functional groups attached to an aromatic ring is 1. The normalized spacial score (nSPS) is 12.8. The van der Waals surface area contributed by atoms with E-state index in [0.29, 0.717) is 11.4 Å². The molecule has 19 heavy (non-hydrogen) atoms. The summed E-state index contributed by atoms with van der Waals surface area (Å²) in [6.07, 6.45) is 1.42. The van der Waals surface area contributed by atoms with Crippen molar-refractivity contribution >= 4 is 29.0 Å². The van der Waals surface area contributed by atoms with Gasteiger partial charge in [-0.15, -0.1) is 0 Å². The van der Waals surface area contributed by atoms with Crippen molar-refractivity contribution in [2.24, 2.45) is 0 Å². The molecule has 0 fully saturated rings. The first-order valence-corrected chi connectivity index (χ1v) is 5.87. The van der Waals surface area contributed by atoms with E-state index in [2.05, 4.69) is 20.6 Å². The van der Waals surface area contributed by atoms with Gasteiger partial charge in [0, 0.05) is 6.20 Å². The molecule has 4 N–H and O–H groups in total. The van der Waals surface area contributed by atoms with Crippen LogP contribution in [-0.4, -0.2) is 15.9 Å². The zero-order chi connectivity index (χ0) is 13.6. The average molecular weight is 255 g/mol. The average Bonchev–Trinajstić information content (AvgIpc) is 2.46. The molecule has 1 aliphatic rings. The Balaban J connectivity index is 2.18. The van der Waals surface area contributed by atoms with Crippen LogP contribution >= 0.6 is 0 Å². The summed E-state index contributed by atoms with van der Waals surface area (Å²) in [5.74, 6) is 0.308. The molecule has 6 nitrogen and oxygen atoms in total. The summed E-state index contributed by atoms with van der Waals surface area (Å²) < 4.78 is 0. The van der Waals surface area contributed by atoms with Crippen LogP contribution in [0.4, 0.5) is 23.1 Å². The number of rotatable bonds is 0. The standard InChI is InChI=1S/C13H13N5O/c1-6-3-9-10(4-7(6)2)17-12(19)8-5-15-13(14)18-11(8)16-9/h3-5H,1-2H3,(H,17,19)(H3,14,15,16,18). The van der Waals surface area contributed by atoms with Gasteiger partial charge in [0.2, 0.25) is 5.95 Å². The summed E-state index contributed by atoms with van der Waals surface area (Å²) in [5.41, 5.74) is 9.70. The van der Waals surface area contributed by atoms with Crippen LogP contribution in [0.3, 0.4) is 0 Å². The van der Waals surface area contributed by atoms with Crippen LogP contribution in [0, 0.1) is 13.8 Å². The van der Waals surface area contributed by atoms with Crippen molar-refractivity contribution in [2.45, 2.75) is 13.8 Å². The minimum absolute atomic E-state index is 0.131. The smallest absolute Gasteiger partial charge is 0.261 e. The van der Waals surface area contributed by atoms with Crippen molar-refractivity contribution in [1.29, 1.82) is 0 Å². The van der Waals surface area contributed by atoms with Gasteiger partial charge >= 0.3 is 0 Å². The number of hydrogen-bond donors (Lipinski definition) is 3. The van der Waals surface area contributed by atoms with Crippen LogP contribution < -0.4 is 16.4 Å². The van der Waals surface area contributed by atoms with Crippen LogP contribution in [0.1, 0.15) is 21.5 Å². The van der Waals surface area contributed by atoms with Gasteiger partial charge in [0.05, 0.1) is 11.4 Å². The topological polar surface area (TPSA) is 92.9 Å². The van der Waals surface area contributed by atoms with E-state index >= 15 is 0 Å². The molecular weight excluding hydrogens is 242 g/mol. The van der Waals surface area contributed by atoms with Crippen LogP contribution in [0.2, 0.25) is 0 Å². The first-order valence-electron chi connectivity index (χ1n) is 5.87. The van der Waals surface area contributed by atoms with Gasteiger partial charge in [0.25, 0.3) is 5.91 Å². The Hall–Kier alpha value is -2.63. The molecule has 0 radical (unpaired) electrons. The quantitative estimate of drug-likeness (QED) is 0.669. The number of aryl methyl sites for hydroxylation is 2. The van der Waals surface area contributed by atoms with E-state index in [1.807, 2.05) is 26.0 Å². The fourth-order valence-corrected chi connectivity index (χ4v) is 2.00. The Morgan fingerprint density at radius 3 is 2.42 bits per heavy atom. The largest absolute Gasteiger partial charge is 0.368 e. The lowest BCUT2D eigenvalue weighted by atomic mass is 10.1. The lowest BCUT2D eigenvalue weighted by molar-refractivity contribution is 0.102. The van der Waals surface area contributed by atoms with Gasteiger partial charge in [-0.2, -0.15) is 4.98 Å². The number of aromatic nitrogens is 2. The highest BCUT2D eigenvalue weighted by Crippen LogP contribution is 2.32. The molecule has 0 spiro atoms. The molecule has 2 aromatic rings. The second-order valence-electron chi connectivity index (χ2n) is 4.55. The molecule has 0 unspecified atom stereocenters. The molecule has 1 aliphatic heterocycles. The predicted octanol–water partition coefficient (Wildman–Crippen LogP) is 1.98. The molecule has 1 aromatic carbocycles. The molecule has 3 rings (SSSR count). The molecule has 0 bridgehead atoms. The number of carbonyl (C=O) groups is 1. The SMILES string of the molecule is Cc1cc2c(cc1C)Nc1nc(N)ncc1C(=O)N2. The summed E-state index contributed by atoms with van der Waals surface area (Å²) in [6.45, 7) is 4.01. The number of nitrogens with zero attached hydrogens (tertiary/aromatic N) is 2. The van der Waals surface area contributed by atoms with Crippen molar-refractivity contribution in [2.75, 3.05) is 16.4 Å². The maximum atomic E-state index is 12.1. The van der Waals surface area contributed by atoms with Crippen LogP contribution in [0.15, 0.2) is 18.3 Å². The van der Waals surface area contributed by atoms with Crippen LogP contribution in [0.5, 0.6) is 0 Å². The molecule has 0 saturated heterocycles. The number of carbonyl (C=O) groups excluding carboxylic acids is 1. The summed E-state index contributed by atoms with van der Waals surface area (Å²) >= 11 is 0.